The van der Waals surface area contributed by atoms with E-state index in [1.54, 1.807) is 49.4 Å². The van der Waals surface area contributed by atoms with Crippen LogP contribution in [0.15, 0.2) is 76.7 Å². The number of nitrogens with one attached hydrogen (secondary N) is 1. The van der Waals surface area contributed by atoms with E-state index >= 15 is 0 Å². The normalized spacial score (nSPS) is 11.2. The lowest BCUT2D eigenvalue weighted by Gasteiger charge is -2.13. The van der Waals surface area contributed by atoms with Crippen molar-refractivity contribution in [2.75, 3.05) is 13.7 Å². The van der Waals surface area contributed by atoms with E-state index in [9.17, 15) is 13.2 Å². The smallest absolute Gasteiger partial charge is 0.343 e. The number of carbonyl (C=O) groups is 1. The van der Waals surface area contributed by atoms with Gasteiger partial charge in [0.2, 0.25) is 0 Å². The summed E-state index contributed by atoms with van der Waals surface area (Å²) < 4.78 is 40.7. The molecule has 10 heteroatoms. The molecule has 0 spiro atoms. The van der Waals surface area contributed by atoms with Gasteiger partial charge in [-0.2, -0.15) is 13.5 Å². The Labute approximate surface area is 196 Å². The molecule has 0 bridgehead atoms. The second-order valence-corrected chi connectivity index (χ2v) is 8.62. The zero-order valence-corrected chi connectivity index (χ0v) is 19.4. The molecule has 0 aromatic heterocycles. The molecule has 0 radical (unpaired) electrons. The van der Waals surface area contributed by atoms with E-state index in [1.807, 2.05) is 0 Å². The molecule has 0 saturated carbocycles. The minimum Gasteiger partial charge on any atom is -0.497 e. The minimum atomic E-state index is -3.81. The van der Waals surface area contributed by atoms with Crippen molar-refractivity contribution in [2.24, 2.45) is 5.10 Å². The first-order valence-corrected chi connectivity index (χ1v) is 11.6. The molecule has 0 amide bonds. The van der Waals surface area contributed by atoms with Gasteiger partial charge in [-0.3, -0.25) is 0 Å². The fourth-order valence-electron chi connectivity index (χ4n) is 2.73. The molecule has 0 fully saturated rings. The molecule has 3 aromatic carbocycles. The third-order valence-corrected chi connectivity index (χ3v) is 5.81. The summed E-state index contributed by atoms with van der Waals surface area (Å²) in [6, 6.07) is 17.2. The standard InChI is InChI=1S/C23H21ClN2O6S/c1-3-31-21-14-16(15-25-26-33(28,29)19-7-5-4-6-8-19)13-20(24)22(21)32-23(27)17-9-11-18(30-2)12-10-17/h4-15,26H,3H2,1-2H3/b25-15+. The maximum absolute atomic E-state index is 12.5. The second-order valence-electron chi connectivity index (χ2n) is 6.55. The van der Waals surface area contributed by atoms with Crippen molar-refractivity contribution < 1.29 is 27.4 Å². The molecule has 1 N–H and O–H groups in total. The average molecular weight is 489 g/mol. The van der Waals surface area contributed by atoms with Gasteiger partial charge in [0.25, 0.3) is 10.0 Å². The number of benzene rings is 3. The largest absolute Gasteiger partial charge is 0.497 e. The zero-order chi connectivity index (χ0) is 23.8. The number of sulfonamides is 1. The summed E-state index contributed by atoms with van der Waals surface area (Å²) in [5, 5.41) is 3.88. The minimum absolute atomic E-state index is 0.0429. The topological polar surface area (TPSA) is 103 Å². The number of methoxy groups -OCH3 is 1. The highest BCUT2D eigenvalue weighted by molar-refractivity contribution is 7.89. The number of nitrogens with zero attached hydrogens (tertiary/aromatic N) is 1. The Hall–Kier alpha value is -3.56. The van der Waals surface area contributed by atoms with Crippen LogP contribution in [0.2, 0.25) is 5.02 Å². The highest BCUT2D eigenvalue weighted by Gasteiger charge is 2.18. The highest BCUT2D eigenvalue weighted by Crippen LogP contribution is 2.37. The van der Waals surface area contributed by atoms with Crippen LogP contribution in [0.3, 0.4) is 0 Å². The molecular weight excluding hydrogens is 468 g/mol. The Bertz CT molecular complexity index is 1250. The number of rotatable bonds is 9. The van der Waals surface area contributed by atoms with Crippen molar-refractivity contribution >= 4 is 33.8 Å². The Morgan fingerprint density at radius 3 is 2.42 bits per heavy atom. The molecule has 33 heavy (non-hydrogen) atoms. The van der Waals surface area contributed by atoms with Gasteiger partial charge in [-0.25, -0.2) is 9.63 Å². The number of halogens is 1. The molecule has 172 valence electrons. The predicted molar refractivity (Wildman–Crippen MR) is 125 cm³/mol. The fraction of sp³-hybridized carbons (Fsp3) is 0.130. The van der Waals surface area contributed by atoms with Crippen LogP contribution < -0.4 is 19.0 Å². The Morgan fingerprint density at radius 1 is 1.09 bits per heavy atom. The van der Waals surface area contributed by atoms with E-state index in [-0.39, 0.29) is 28.0 Å². The Morgan fingerprint density at radius 2 is 1.79 bits per heavy atom. The summed E-state index contributed by atoms with van der Waals surface area (Å²) in [4.78, 5) is 14.8. The predicted octanol–water partition coefficient (Wildman–Crippen LogP) is 4.28. The lowest BCUT2D eigenvalue weighted by Crippen LogP contribution is -2.18. The Kier molecular flexibility index (Phi) is 7.92. The van der Waals surface area contributed by atoms with E-state index in [0.29, 0.717) is 16.9 Å². The molecule has 3 aromatic rings. The van der Waals surface area contributed by atoms with Gasteiger partial charge in [-0.05, 0) is 61.0 Å². The third-order valence-electron chi connectivity index (χ3n) is 4.29. The van der Waals surface area contributed by atoms with Crippen LogP contribution in [0.5, 0.6) is 17.2 Å². The van der Waals surface area contributed by atoms with Crippen LogP contribution in [-0.2, 0) is 10.0 Å². The lowest BCUT2D eigenvalue weighted by atomic mass is 10.2. The SMILES string of the molecule is CCOc1cc(/C=N/NS(=O)(=O)c2ccccc2)cc(Cl)c1OC(=O)c1ccc(OC)cc1. The first-order chi connectivity index (χ1) is 15.8. The summed E-state index contributed by atoms with van der Waals surface area (Å²) in [5.41, 5.74) is 0.735. The number of hydrazone groups is 1. The third kappa shape index (κ3) is 6.24. The second kappa shape index (κ2) is 10.8. The van der Waals surface area contributed by atoms with Crippen LogP contribution in [0.1, 0.15) is 22.8 Å². The lowest BCUT2D eigenvalue weighted by molar-refractivity contribution is 0.0728. The summed E-state index contributed by atoms with van der Waals surface area (Å²) in [5.74, 6) is 0.226. The summed E-state index contributed by atoms with van der Waals surface area (Å²) in [7, 11) is -2.28. The molecule has 0 aliphatic carbocycles. The zero-order valence-electron chi connectivity index (χ0n) is 17.8. The molecule has 0 atom stereocenters. The van der Waals surface area contributed by atoms with Gasteiger partial charge in [0.15, 0.2) is 11.5 Å². The summed E-state index contributed by atoms with van der Waals surface area (Å²) >= 11 is 6.34. The van der Waals surface area contributed by atoms with E-state index in [1.165, 1.54) is 37.6 Å². The van der Waals surface area contributed by atoms with Crippen LogP contribution in [0, 0.1) is 0 Å². The van der Waals surface area contributed by atoms with Gasteiger partial charge in [0.05, 0.1) is 35.4 Å². The molecule has 0 aliphatic heterocycles. The van der Waals surface area contributed by atoms with Crippen molar-refractivity contribution in [3.8, 4) is 17.2 Å². The fourth-order valence-corrected chi connectivity index (χ4v) is 3.80. The molecular formula is C23H21ClN2O6S. The summed E-state index contributed by atoms with van der Waals surface area (Å²) in [6.07, 6.45) is 1.27. The highest BCUT2D eigenvalue weighted by atomic mass is 35.5. The van der Waals surface area contributed by atoms with Gasteiger partial charge in [0, 0.05) is 0 Å². The molecule has 3 rings (SSSR count). The number of esters is 1. The van der Waals surface area contributed by atoms with Crippen molar-refractivity contribution in [3.05, 3.63) is 82.9 Å². The van der Waals surface area contributed by atoms with Gasteiger partial charge >= 0.3 is 5.97 Å². The van der Waals surface area contributed by atoms with Crippen LogP contribution >= 0.6 is 11.6 Å². The van der Waals surface area contributed by atoms with Crippen LogP contribution in [0.25, 0.3) is 0 Å². The molecule has 0 unspecified atom stereocenters. The van der Waals surface area contributed by atoms with Crippen molar-refractivity contribution in [1.29, 1.82) is 0 Å². The van der Waals surface area contributed by atoms with E-state index in [0.717, 1.165) is 0 Å². The number of carbonyl (C=O) groups excluding carboxylic acids is 1. The maximum atomic E-state index is 12.5. The van der Waals surface area contributed by atoms with E-state index in [4.69, 9.17) is 25.8 Å². The summed E-state index contributed by atoms with van der Waals surface area (Å²) in [6.45, 7) is 2.04. The van der Waals surface area contributed by atoms with Crippen molar-refractivity contribution in [3.63, 3.8) is 0 Å². The van der Waals surface area contributed by atoms with Crippen LogP contribution in [-0.4, -0.2) is 34.3 Å². The molecule has 0 aliphatic rings. The van der Waals surface area contributed by atoms with Gasteiger partial charge in [-0.1, -0.05) is 29.8 Å². The van der Waals surface area contributed by atoms with Crippen LogP contribution in [0.4, 0.5) is 0 Å². The van der Waals surface area contributed by atoms with Crippen molar-refractivity contribution in [1.82, 2.24) is 4.83 Å². The van der Waals surface area contributed by atoms with E-state index in [2.05, 4.69) is 9.93 Å². The number of hydrogen-bond donors (Lipinski definition) is 1. The monoisotopic (exact) mass is 488 g/mol. The van der Waals surface area contributed by atoms with Crippen molar-refractivity contribution in [2.45, 2.75) is 11.8 Å². The van der Waals surface area contributed by atoms with Gasteiger partial charge in [-0.15, -0.1) is 0 Å². The molecule has 0 saturated heterocycles. The number of hydrogen-bond acceptors (Lipinski definition) is 7. The molecule has 0 heterocycles. The first-order valence-electron chi connectivity index (χ1n) is 9.76. The van der Waals surface area contributed by atoms with Gasteiger partial charge < -0.3 is 14.2 Å². The quantitative estimate of drug-likeness (QED) is 0.209. The Balaban J connectivity index is 1.80. The average Bonchev–Trinajstić information content (AvgIpc) is 2.82. The maximum Gasteiger partial charge on any atom is 0.343 e. The van der Waals surface area contributed by atoms with E-state index < -0.39 is 16.0 Å². The number of ether oxygens (including phenoxy) is 3. The first kappa shape index (κ1) is 24.1. The molecule has 8 nitrogen and oxygen atoms in total. The van der Waals surface area contributed by atoms with Gasteiger partial charge in [0.1, 0.15) is 5.75 Å².